The molecule has 0 saturated heterocycles. The van der Waals surface area contributed by atoms with Crippen LogP contribution in [0, 0.1) is 12.8 Å². The normalized spacial score (nSPS) is 14.7. The summed E-state index contributed by atoms with van der Waals surface area (Å²) in [6, 6.07) is 3.90. The zero-order chi connectivity index (χ0) is 15.5. The molecule has 1 aromatic rings. The van der Waals surface area contributed by atoms with Crippen molar-refractivity contribution in [1.82, 2.24) is 0 Å². The molecule has 0 aromatic heterocycles. The molecule has 1 amide bonds. The smallest absolute Gasteiger partial charge is 0.241 e. The summed E-state index contributed by atoms with van der Waals surface area (Å²) in [4.78, 5) is 12.0. The quantitative estimate of drug-likeness (QED) is 0.750. The number of primary sulfonamides is 1. The molecule has 0 unspecified atom stereocenters. The van der Waals surface area contributed by atoms with E-state index in [-0.39, 0.29) is 16.7 Å². The second kappa shape index (κ2) is 6.34. The lowest BCUT2D eigenvalue weighted by Gasteiger charge is -2.19. The maximum atomic E-state index is 12.0. The number of benzene rings is 1. The van der Waals surface area contributed by atoms with Gasteiger partial charge in [-0.3, -0.25) is 4.79 Å². The SMILES string of the molecule is CC[C@H](C)[C@H](N)C(=O)Nc1cccc(S(N)(=O)=O)c1C. The Morgan fingerprint density at radius 3 is 2.50 bits per heavy atom. The van der Waals surface area contributed by atoms with Gasteiger partial charge in [0, 0.05) is 5.69 Å². The third-order valence-electron chi connectivity index (χ3n) is 3.41. The summed E-state index contributed by atoms with van der Waals surface area (Å²) in [6.07, 6.45) is 0.783. The summed E-state index contributed by atoms with van der Waals surface area (Å²) in [5.41, 5.74) is 6.64. The van der Waals surface area contributed by atoms with Crippen molar-refractivity contribution in [2.24, 2.45) is 16.8 Å². The molecule has 0 heterocycles. The van der Waals surface area contributed by atoms with Gasteiger partial charge in [-0.1, -0.05) is 26.3 Å². The molecule has 6 nitrogen and oxygen atoms in total. The van der Waals surface area contributed by atoms with Crippen LogP contribution in [0.15, 0.2) is 23.1 Å². The highest BCUT2D eigenvalue weighted by Gasteiger charge is 2.21. The molecule has 0 aliphatic carbocycles. The number of hydrogen-bond acceptors (Lipinski definition) is 4. The van der Waals surface area contributed by atoms with Crippen LogP contribution in [0.25, 0.3) is 0 Å². The minimum atomic E-state index is -3.82. The number of nitrogens with two attached hydrogens (primary N) is 2. The van der Waals surface area contributed by atoms with Crippen LogP contribution in [-0.4, -0.2) is 20.4 Å². The summed E-state index contributed by atoms with van der Waals surface area (Å²) in [5, 5.41) is 7.78. The van der Waals surface area contributed by atoms with E-state index in [1.807, 2.05) is 13.8 Å². The van der Waals surface area contributed by atoms with E-state index in [1.165, 1.54) is 12.1 Å². The molecule has 5 N–H and O–H groups in total. The predicted molar refractivity (Wildman–Crippen MR) is 78.6 cm³/mol. The minimum Gasteiger partial charge on any atom is -0.324 e. The van der Waals surface area contributed by atoms with Gasteiger partial charge in [0.05, 0.1) is 10.9 Å². The highest BCUT2D eigenvalue weighted by Crippen LogP contribution is 2.22. The zero-order valence-corrected chi connectivity index (χ0v) is 12.7. The van der Waals surface area contributed by atoms with Gasteiger partial charge in [-0.25, -0.2) is 13.6 Å². The van der Waals surface area contributed by atoms with Gasteiger partial charge < -0.3 is 11.1 Å². The van der Waals surface area contributed by atoms with Crippen molar-refractivity contribution in [3.8, 4) is 0 Å². The first-order valence-electron chi connectivity index (χ1n) is 6.37. The molecule has 7 heteroatoms. The number of nitrogens with one attached hydrogen (secondary N) is 1. The molecule has 0 fully saturated rings. The Kier molecular flexibility index (Phi) is 5.27. The van der Waals surface area contributed by atoms with E-state index in [0.717, 1.165) is 6.42 Å². The monoisotopic (exact) mass is 299 g/mol. The number of carbonyl (C=O) groups is 1. The van der Waals surface area contributed by atoms with Crippen molar-refractivity contribution in [3.63, 3.8) is 0 Å². The minimum absolute atomic E-state index is 0.00703. The first-order valence-corrected chi connectivity index (χ1v) is 7.92. The molecule has 0 radical (unpaired) electrons. The Morgan fingerprint density at radius 1 is 1.40 bits per heavy atom. The fraction of sp³-hybridized carbons (Fsp3) is 0.462. The van der Waals surface area contributed by atoms with Crippen LogP contribution < -0.4 is 16.2 Å². The lowest BCUT2D eigenvalue weighted by molar-refractivity contribution is -0.118. The fourth-order valence-corrected chi connectivity index (χ4v) is 2.59. The summed E-state index contributed by atoms with van der Waals surface area (Å²) >= 11 is 0. The largest absolute Gasteiger partial charge is 0.324 e. The van der Waals surface area contributed by atoms with Crippen LogP contribution in [0.4, 0.5) is 5.69 Å². The van der Waals surface area contributed by atoms with E-state index < -0.39 is 16.1 Å². The van der Waals surface area contributed by atoms with Gasteiger partial charge in [0.15, 0.2) is 0 Å². The van der Waals surface area contributed by atoms with Gasteiger partial charge >= 0.3 is 0 Å². The van der Waals surface area contributed by atoms with Crippen molar-refractivity contribution in [1.29, 1.82) is 0 Å². The van der Waals surface area contributed by atoms with Crippen LogP contribution in [0.5, 0.6) is 0 Å². The van der Waals surface area contributed by atoms with E-state index in [0.29, 0.717) is 11.3 Å². The predicted octanol–water partition coefficient (Wildman–Crippen LogP) is 0.954. The molecule has 1 rings (SSSR count). The molecule has 112 valence electrons. The second-order valence-electron chi connectivity index (χ2n) is 4.87. The van der Waals surface area contributed by atoms with Gasteiger partial charge in [0.25, 0.3) is 0 Å². The molecular weight excluding hydrogens is 278 g/mol. The Morgan fingerprint density at radius 2 is 2.00 bits per heavy atom. The number of carbonyl (C=O) groups excluding carboxylic acids is 1. The Bertz CT molecular complexity index is 599. The van der Waals surface area contributed by atoms with Crippen LogP contribution in [0.2, 0.25) is 0 Å². The standard InChI is InChI=1S/C13H21N3O3S/c1-4-8(2)12(14)13(17)16-10-6-5-7-11(9(10)3)20(15,18)19/h5-8,12H,4,14H2,1-3H3,(H,16,17)(H2,15,18,19)/t8-,12-/m0/s1. The average Bonchev–Trinajstić information content (AvgIpc) is 2.37. The van der Waals surface area contributed by atoms with E-state index in [9.17, 15) is 13.2 Å². The summed E-state index contributed by atoms with van der Waals surface area (Å²) < 4.78 is 22.8. The Hall–Kier alpha value is -1.44. The van der Waals surface area contributed by atoms with Crippen molar-refractivity contribution in [2.75, 3.05) is 5.32 Å². The summed E-state index contributed by atoms with van der Waals surface area (Å²) in [7, 11) is -3.82. The van der Waals surface area contributed by atoms with E-state index in [1.54, 1.807) is 13.0 Å². The van der Waals surface area contributed by atoms with Crippen LogP contribution in [0.3, 0.4) is 0 Å². The number of amides is 1. The van der Waals surface area contributed by atoms with E-state index >= 15 is 0 Å². The summed E-state index contributed by atoms with van der Waals surface area (Å²) in [5.74, 6) is -0.300. The average molecular weight is 299 g/mol. The van der Waals surface area contributed by atoms with Crippen molar-refractivity contribution in [2.45, 2.75) is 38.1 Å². The van der Waals surface area contributed by atoms with Gasteiger partial charge in [0.1, 0.15) is 0 Å². The third kappa shape index (κ3) is 3.78. The molecule has 0 spiro atoms. The third-order valence-corrected chi connectivity index (χ3v) is 4.46. The Labute approximate surface area is 119 Å². The van der Waals surface area contributed by atoms with Gasteiger partial charge in [-0.05, 0) is 30.5 Å². The lowest BCUT2D eigenvalue weighted by atomic mass is 9.99. The van der Waals surface area contributed by atoms with Crippen molar-refractivity contribution < 1.29 is 13.2 Å². The number of rotatable bonds is 5. The first-order chi connectivity index (χ1) is 9.18. The molecule has 0 aliphatic heterocycles. The van der Waals surface area contributed by atoms with Gasteiger partial charge in [0.2, 0.25) is 15.9 Å². The van der Waals surface area contributed by atoms with Crippen molar-refractivity contribution in [3.05, 3.63) is 23.8 Å². The first kappa shape index (κ1) is 16.6. The van der Waals surface area contributed by atoms with Crippen LogP contribution in [-0.2, 0) is 14.8 Å². The molecule has 0 bridgehead atoms. The van der Waals surface area contributed by atoms with Gasteiger partial charge in [-0.2, -0.15) is 0 Å². The molecule has 0 saturated carbocycles. The fourth-order valence-electron chi connectivity index (χ4n) is 1.79. The molecule has 2 atom stereocenters. The highest BCUT2D eigenvalue weighted by molar-refractivity contribution is 7.89. The topological polar surface area (TPSA) is 115 Å². The highest BCUT2D eigenvalue weighted by atomic mass is 32.2. The van der Waals surface area contributed by atoms with E-state index in [2.05, 4.69) is 5.32 Å². The molecular formula is C13H21N3O3S. The van der Waals surface area contributed by atoms with Crippen LogP contribution in [0.1, 0.15) is 25.8 Å². The molecule has 1 aromatic carbocycles. The maximum absolute atomic E-state index is 12.0. The Balaban J connectivity index is 3.03. The van der Waals surface area contributed by atoms with Gasteiger partial charge in [-0.15, -0.1) is 0 Å². The molecule has 0 aliphatic rings. The summed E-state index contributed by atoms with van der Waals surface area (Å²) in [6.45, 7) is 5.42. The number of hydrogen-bond donors (Lipinski definition) is 3. The number of anilines is 1. The molecule has 20 heavy (non-hydrogen) atoms. The lowest BCUT2D eigenvalue weighted by Crippen LogP contribution is -2.40. The van der Waals surface area contributed by atoms with E-state index in [4.69, 9.17) is 10.9 Å². The maximum Gasteiger partial charge on any atom is 0.241 e. The van der Waals surface area contributed by atoms with Crippen molar-refractivity contribution >= 4 is 21.6 Å². The zero-order valence-electron chi connectivity index (χ0n) is 11.9. The number of sulfonamides is 1. The van der Waals surface area contributed by atoms with Crippen LogP contribution >= 0.6 is 0 Å². The second-order valence-corrected chi connectivity index (χ2v) is 6.40.